The summed E-state index contributed by atoms with van der Waals surface area (Å²) in [6, 6.07) is 0.365. The topological polar surface area (TPSA) is 32.7 Å². The van der Waals surface area contributed by atoms with Gasteiger partial charge in [0.15, 0.2) is 0 Å². The van der Waals surface area contributed by atoms with Crippen LogP contribution in [0.5, 0.6) is 0 Å². The van der Waals surface area contributed by atoms with E-state index in [0.717, 1.165) is 38.8 Å². The van der Waals surface area contributed by atoms with E-state index >= 15 is 0 Å². The molecule has 1 unspecified atom stereocenters. The van der Waals surface area contributed by atoms with Crippen LogP contribution in [0.4, 0.5) is 0 Å². The molecular weight excluding hydrogens is 196 g/mol. The Morgan fingerprint density at radius 3 is 2.29 bits per heavy atom. The summed E-state index contributed by atoms with van der Waals surface area (Å²) in [4.78, 5) is 2.32. The number of piperidine rings is 1. The number of nitrogens with zero attached hydrogens (tertiary/aromatic N) is 2. The average molecular weight is 216 g/mol. The van der Waals surface area contributed by atoms with Gasteiger partial charge in [-0.15, -0.1) is 0 Å². The SMILES string of the molecule is CN1CCC(N=S(C)(=O)C2CC2)CC1. The molecule has 0 spiro atoms. The number of rotatable bonds is 2. The Hall–Kier alpha value is -0.0900. The lowest BCUT2D eigenvalue weighted by molar-refractivity contribution is 0.258. The largest absolute Gasteiger partial charge is 0.306 e. The third-order valence-corrected chi connectivity index (χ3v) is 5.61. The van der Waals surface area contributed by atoms with E-state index in [4.69, 9.17) is 0 Å². The number of hydrogen-bond donors (Lipinski definition) is 0. The van der Waals surface area contributed by atoms with Crippen LogP contribution in [0.15, 0.2) is 4.36 Å². The van der Waals surface area contributed by atoms with Gasteiger partial charge in [0.1, 0.15) is 0 Å². The molecule has 2 aliphatic rings. The molecule has 1 heterocycles. The molecule has 0 N–H and O–H groups in total. The molecular formula is C10H20N2OS. The fourth-order valence-electron chi connectivity index (χ4n) is 1.99. The van der Waals surface area contributed by atoms with Crippen LogP contribution in [0.3, 0.4) is 0 Å². The first kappa shape index (κ1) is 10.4. The number of likely N-dealkylation sites (tertiary alicyclic amines) is 1. The van der Waals surface area contributed by atoms with Crippen LogP contribution in [-0.4, -0.2) is 46.8 Å². The van der Waals surface area contributed by atoms with Crippen LogP contribution >= 0.6 is 0 Å². The zero-order valence-corrected chi connectivity index (χ0v) is 9.92. The Morgan fingerprint density at radius 2 is 1.79 bits per heavy atom. The highest BCUT2D eigenvalue weighted by Crippen LogP contribution is 2.30. The summed E-state index contributed by atoms with van der Waals surface area (Å²) in [5.41, 5.74) is 0. The van der Waals surface area contributed by atoms with E-state index in [9.17, 15) is 4.21 Å². The second-order valence-corrected chi connectivity index (χ2v) is 7.30. The lowest BCUT2D eigenvalue weighted by Gasteiger charge is -2.26. The molecule has 82 valence electrons. The summed E-state index contributed by atoms with van der Waals surface area (Å²) in [6.07, 6.45) is 6.29. The molecule has 0 radical (unpaired) electrons. The van der Waals surface area contributed by atoms with Gasteiger partial charge in [-0.1, -0.05) is 0 Å². The highest BCUT2D eigenvalue weighted by molar-refractivity contribution is 7.93. The summed E-state index contributed by atoms with van der Waals surface area (Å²) in [6.45, 7) is 2.21. The lowest BCUT2D eigenvalue weighted by atomic mass is 10.1. The van der Waals surface area contributed by atoms with Gasteiger partial charge in [0.25, 0.3) is 0 Å². The van der Waals surface area contributed by atoms with Crippen molar-refractivity contribution < 1.29 is 4.21 Å². The Labute approximate surface area is 87.1 Å². The molecule has 0 aromatic rings. The predicted octanol–water partition coefficient (Wildman–Crippen LogP) is 1.34. The molecule has 0 aromatic heterocycles. The normalized spacial score (nSPS) is 29.9. The van der Waals surface area contributed by atoms with E-state index in [1.807, 2.05) is 6.26 Å². The van der Waals surface area contributed by atoms with Gasteiger partial charge in [0, 0.05) is 21.2 Å². The number of hydrogen-bond acceptors (Lipinski definition) is 3. The van der Waals surface area contributed by atoms with E-state index in [2.05, 4.69) is 16.3 Å². The van der Waals surface area contributed by atoms with Crippen molar-refractivity contribution in [1.29, 1.82) is 0 Å². The van der Waals surface area contributed by atoms with Crippen LogP contribution in [0, 0.1) is 0 Å². The molecule has 1 aliphatic carbocycles. The standard InChI is InChI=1S/C10H20N2OS/c1-12-7-5-9(6-8-12)11-14(2,13)10-3-4-10/h9-10H,3-8H2,1-2H3. The van der Waals surface area contributed by atoms with E-state index < -0.39 is 9.73 Å². The van der Waals surface area contributed by atoms with Crippen molar-refractivity contribution in [3.05, 3.63) is 0 Å². The maximum absolute atomic E-state index is 12.1. The summed E-state index contributed by atoms with van der Waals surface area (Å²) < 4.78 is 16.7. The van der Waals surface area contributed by atoms with Crippen molar-refractivity contribution in [2.24, 2.45) is 4.36 Å². The third-order valence-electron chi connectivity index (χ3n) is 3.19. The van der Waals surface area contributed by atoms with Crippen molar-refractivity contribution in [2.45, 2.75) is 37.0 Å². The second-order valence-electron chi connectivity index (χ2n) is 4.70. The predicted molar refractivity (Wildman–Crippen MR) is 60.0 cm³/mol. The average Bonchev–Trinajstić information content (AvgIpc) is 2.91. The van der Waals surface area contributed by atoms with Gasteiger partial charge in [0.2, 0.25) is 0 Å². The maximum atomic E-state index is 12.1. The minimum atomic E-state index is -1.85. The van der Waals surface area contributed by atoms with Gasteiger partial charge in [-0.3, -0.25) is 0 Å². The van der Waals surface area contributed by atoms with Crippen LogP contribution in [0.2, 0.25) is 0 Å². The van der Waals surface area contributed by atoms with Crippen molar-refractivity contribution >= 4 is 9.73 Å². The molecule has 2 fully saturated rings. The highest BCUT2D eigenvalue weighted by atomic mass is 32.2. The van der Waals surface area contributed by atoms with E-state index in [-0.39, 0.29) is 0 Å². The molecule has 0 amide bonds. The minimum absolute atomic E-state index is 0.365. The maximum Gasteiger partial charge on any atom is 0.0618 e. The van der Waals surface area contributed by atoms with Crippen molar-refractivity contribution in [1.82, 2.24) is 4.90 Å². The van der Waals surface area contributed by atoms with Crippen LogP contribution in [0.25, 0.3) is 0 Å². The molecule has 1 aliphatic heterocycles. The summed E-state index contributed by atoms with van der Waals surface area (Å²) >= 11 is 0. The van der Waals surface area contributed by atoms with E-state index in [1.54, 1.807) is 0 Å². The Balaban J connectivity index is 1.99. The summed E-state index contributed by atoms with van der Waals surface area (Å²) in [7, 11) is 0.292. The Bertz CT molecular complexity index is 308. The molecule has 1 saturated heterocycles. The Kier molecular flexibility index (Phi) is 2.84. The van der Waals surface area contributed by atoms with Gasteiger partial charge in [-0.05, 0) is 45.8 Å². The van der Waals surface area contributed by atoms with Crippen molar-refractivity contribution in [3.8, 4) is 0 Å². The lowest BCUT2D eigenvalue weighted by Crippen LogP contribution is -2.32. The van der Waals surface area contributed by atoms with Gasteiger partial charge in [-0.2, -0.15) is 0 Å². The summed E-state index contributed by atoms with van der Waals surface area (Å²) in [5, 5.41) is 0.419. The molecule has 14 heavy (non-hydrogen) atoms. The molecule has 3 nitrogen and oxygen atoms in total. The van der Waals surface area contributed by atoms with Crippen LogP contribution < -0.4 is 0 Å². The first-order chi connectivity index (χ1) is 6.58. The Morgan fingerprint density at radius 1 is 1.21 bits per heavy atom. The zero-order valence-electron chi connectivity index (χ0n) is 9.11. The zero-order chi connectivity index (χ0) is 10.2. The quantitative estimate of drug-likeness (QED) is 0.698. The molecule has 0 aromatic carbocycles. The van der Waals surface area contributed by atoms with Crippen LogP contribution in [0.1, 0.15) is 25.7 Å². The summed E-state index contributed by atoms with van der Waals surface area (Å²) in [5.74, 6) is 0. The highest BCUT2D eigenvalue weighted by Gasteiger charge is 2.31. The first-order valence-corrected chi connectivity index (χ1v) is 7.45. The minimum Gasteiger partial charge on any atom is -0.306 e. The van der Waals surface area contributed by atoms with E-state index in [1.165, 1.54) is 0 Å². The fraction of sp³-hybridized carbons (Fsp3) is 1.00. The third kappa shape index (κ3) is 2.48. The van der Waals surface area contributed by atoms with Gasteiger partial charge in [-0.25, -0.2) is 8.57 Å². The van der Waals surface area contributed by atoms with Crippen LogP contribution in [-0.2, 0) is 9.73 Å². The molecule has 2 rings (SSSR count). The van der Waals surface area contributed by atoms with Gasteiger partial charge in [0.05, 0.1) is 6.04 Å². The first-order valence-electron chi connectivity index (χ1n) is 5.46. The van der Waals surface area contributed by atoms with Crippen molar-refractivity contribution in [2.75, 3.05) is 26.4 Å². The monoisotopic (exact) mass is 216 g/mol. The van der Waals surface area contributed by atoms with Gasteiger partial charge >= 0.3 is 0 Å². The van der Waals surface area contributed by atoms with Crippen molar-refractivity contribution in [3.63, 3.8) is 0 Å². The molecule has 1 saturated carbocycles. The second kappa shape index (κ2) is 3.81. The fourth-order valence-corrected chi connectivity index (χ4v) is 3.97. The molecule has 1 atom stereocenters. The smallest absolute Gasteiger partial charge is 0.0618 e. The molecule has 4 heteroatoms. The van der Waals surface area contributed by atoms with E-state index in [0.29, 0.717) is 11.3 Å². The van der Waals surface area contributed by atoms with Gasteiger partial charge < -0.3 is 4.90 Å². The molecule has 0 bridgehead atoms.